The Morgan fingerprint density at radius 2 is 1.62 bits per heavy atom. The van der Waals surface area contributed by atoms with Crippen LogP contribution in [0.1, 0.15) is 20.8 Å². The second-order valence-electron chi connectivity index (χ2n) is 7.99. The maximum atomic E-state index is 10.0. The van der Waals surface area contributed by atoms with Crippen LogP contribution in [0.25, 0.3) is 22.6 Å². The largest absolute Gasteiger partial charge is 0.497 e. The lowest BCUT2D eigenvalue weighted by atomic mass is 10.1. The number of aromatic nitrogens is 2. The monoisotopic (exact) mass is 395 g/mol. The number of hydrogen-bond acceptors (Lipinski definition) is 5. The van der Waals surface area contributed by atoms with Gasteiger partial charge in [0.15, 0.2) is 0 Å². The average Bonchev–Trinajstić information content (AvgIpc) is 3.21. The van der Waals surface area contributed by atoms with Crippen LogP contribution in [-0.2, 0) is 0 Å². The SMILES string of the molecule is COc1ccc(-c2cnc(-c3ccc(OC[C@@H](O)CNC(C)(C)C)cc3)[nH]2)cc1. The van der Waals surface area contributed by atoms with Crippen LogP contribution in [0.15, 0.2) is 54.7 Å². The van der Waals surface area contributed by atoms with Gasteiger partial charge < -0.3 is 24.9 Å². The van der Waals surface area contributed by atoms with Gasteiger partial charge in [0.25, 0.3) is 0 Å². The van der Waals surface area contributed by atoms with Gasteiger partial charge in [-0.3, -0.25) is 0 Å². The number of methoxy groups -OCH3 is 1. The first-order valence-electron chi connectivity index (χ1n) is 9.70. The van der Waals surface area contributed by atoms with Crippen molar-refractivity contribution in [3.05, 3.63) is 54.7 Å². The van der Waals surface area contributed by atoms with E-state index in [9.17, 15) is 5.11 Å². The van der Waals surface area contributed by atoms with E-state index in [-0.39, 0.29) is 12.1 Å². The standard InChI is InChI=1S/C23H29N3O3/c1-23(2,3)25-13-18(27)15-29-20-11-7-17(8-12-20)22-24-14-21(26-22)16-5-9-19(28-4)10-6-16/h5-12,14,18,25,27H,13,15H2,1-4H3,(H,24,26)/t18-/m0/s1. The van der Waals surface area contributed by atoms with Gasteiger partial charge in [-0.05, 0) is 74.9 Å². The van der Waals surface area contributed by atoms with E-state index in [2.05, 4.69) is 36.1 Å². The first-order chi connectivity index (χ1) is 13.8. The summed E-state index contributed by atoms with van der Waals surface area (Å²) in [5.41, 5.74) is 2.92. The van der Waals surface area contributed by atoms with Crippen LogP contribution < -0.4 is 14.8 Å². The number of nitrogens with one attached hydrogen (secondary N) is 2. The van der Waals surface area contributed by atoms with Crippen molar-refractivity contribution in [3.63, 3.8) is 0 Å². The van der Waals surface area contributed by atoms with Crippen LogP contribution >= 0.6 is 0 Å². The molecule has 6 nitrogen and oxygen atoms in total. The van der Waals surface area contributed by atoms with Crippen LogP contribution in [0.5, 0.6) is 11.5 Å². The maximum absolute atomic E-state index is 10.0. The van der Waals surface area contributed by atoms with E-state index in [1.54, 1.807) is 7.11 Å². The van der Waals surface area contributed by atoms with Crippen molar-refractivity contribution in [2.24, 2.45) is 0 Å². The highest BCUT2D eigenvalue weighted by atomic mass is 16.5. The number of rotatable bonds is 8. The molecule has 0 aliphatic carbocycles. The summed E-state index contributed by atoms with van der Waals surface area (Å²) in [6, 6.07) is 15.5. The minimum absolute atomic E-state index is 0.0314. The van der Waals surface area contributed by atoms with Gasteiger partial charge in [0.05, 0.1) is 19.0 Å². The second kappa shape index (κ2) is 9.11. The van der Waals surface area contributed by atoms with Crippen molar-refractivity contribution in [1.82, 2.24) is 15.3 Å². The Morgan fingerprint density at radius 3 is 2.24 bits per heavy atom. The van der Waals surface area contributed by atoms with Crippen LogP contribution in [-0.4, -0.2) is 47.0 Å². The topological polar surface area (TPSA) is 79.4 Å². The number of imidazole rings is 1. The Kier molecular flexibility index (Phi) is 6.56. The zero-order valence-corrected chi connectivity index (χ0v) is 17.4. The Labute approximate surface area is 171 Å². The van der Waals surface area contributed by atoms with E-state index in [4.69, 9.17) is 9.47 Å². The minimum atomic E-state index is -0.564. The zero-order chi connectivity index (χ0) is 20.9. The van der Waals surface area contributed by atoms with E-state index in [0.717, 1.165) is 28.4 Å². The molecule has 0 fully saturated rings. The molecule has 2 aromatic carbocycles. The lowest BCUT2D eigenvalue weighted by Gasteiger charge is -2.22. The quantitative estimate of drug-likeness (QED) is 0.539. The summed E-state index contributed by atoms with van der Waals surface area (Å²) in [5.74, 6) is 2.32. The van der Waals surface area contributed by atoms with Crippen molar-refractivity contribution in [1.29, 1.82) is 0 Å². The number of H-pyrrole nitrogens is 1. The molecule has 3 N–H and O–H groups in total. The second-order valence-corrected chi connectivity index (χ2v) is 7.99. The Morgan fingerprint density at radius 1 is 1.00 bits per heavy atom. The fraction of sp³-hybridized carbons (Fsp3) is 0.348. The molecule has 154 valence electrons. The molecule has 0 spiro atoms. The third-order valence-corrected chi connectivity index (χ3v) is 4.41. The van der Waals surface area contributed by atoms with E-state index in [1.165, 1.54) is 0 Å². The molecule has 0 amide bonds. The van der Waals surface area contributed by atoms with Crippen LogP contribution in [0, 0.1) is 0 Å². The number of nitrogens with zero attached hydrogens (tertiary/aromatic N) is 1. The van der Waals surface area contributed by atoms with Gasteiger partial charge in [0, 0.05) is 17.6 Å². The van der Waals surface area contributed by atoms with Gasteiger partial charge in [-0.25, -0.2) is 4.98 Å². The van der Waals surface area contributed by atoms with Crippen molar-refractivity contribution in [3.8, 4) is 34.1 Å². The normalized spacial score (nSPS) is 12.6. The van der Waals surface area contributed by atoms with Crippen LogP contribution in [0.3, 0.4) is 0 Å². The number of aromatic amines is 1. The van der Waals surface area contributed by atoms with Gasteiger partial charge in [-0.15, -0.1) is 0 Å². The van der Waals surface area contributed by atoms with Crippen LogP contribution in [0.4, 0.5) is 0 Å². The molecule has 0 aliphatic rings. The van der Waals surface area contributed by atoms with E-state index in [0.29, 0.717) is 12.3 Å². The van der Waals surface area contributed by atoms with E-state index >= 15 is 0 Å². The van der Waals surface area contributed by atoms with Gasteiger partial charge >= 0.3 is 0 Å². The third kappa shape index (κ3) is 6.07. The molecule has 0 aliphatic heterocycles. The highest BCUT2D eigenvalue weighted by Gasteiger charge is 2.13. The Hall–Kier alpha value is -2.83. The zero-order valence-electron chi connectivity index (χ0n) is 17.4. The number of aliphatic hydroxyl groups excluding tert-OH is 1. The molecular weight excluding hydrogens is 366 g/mol. The smallest absolute Gasteiger partial charge is 0.137 e. The van der Waals surface area contributed by atoms with Crippen LogP contribution in [0.2, 0.25) is 0 Å². The molecule has 0 bridgehead atoms. The lowest BCUT2D eigenvalue weighted by molar-refractivity contribution is 0.100. The van der Waals surface area contributed by atoms with Crippen molar-refractivity contribution >= 4 is 0 Å². The highest BCUT2D eigenvalue weighted by molar-refractivity contribution is 5.65. The third-order valence-electron chi connectivity index (χ3n) is 4.41. The van der Waals surface area contributed by atoms with Crippen molar-refractivity contribution in [2.45, 2.75) is 32.4 Å². The van der Waals surface area contributed by atoms with Gasteiger partial charge in [-0.2, -0.15) is 0 Å². The first kappa shape index (κ1) is 20.9. The highest BCUT2D eigenvalue weighted by Crippen LogP contribution is 2.25. The van der Waals surface area contributed by atoms with Gasteiger partial charge in [0.1, 0.15) is 30.0 Å². The van der Waals surface area contributed by atoms with Crippen molar-refractivity contribution in [2.75, 3.05) is 20.3 Å². The summed E-state index contributed by atoms with van der Waals surface area (Å²) < 4.78 is 10.9. The predicted octanol–water partition coefficient (Wildman–Crippen LogP) is 3.88. The minimum Gasteiger partial charge on any atom is -0.497 e. The number of benzene rings is 2. The molecule has 1 aromatic heterocycles. The predicted molar refractivity (Wildman–Crippen MR) is 115 cm³/mol. The number of ether oxygens (including phenoxy) is 2. The Balaban J connectivity index is 1.58. The molecule has 3 rings (SSSR count). The molecule has 0 saturated carbocycles. The number of β-amino-alcohol motifs (C(OH)–C–C–N with tert-alkyl or cyclic N) is 1. The summed E-state index contributed by atoms with van der Waals surface area (Å²) in [6.07, 6.45) is 1.26. The molecule has 1 heterocycles. The molecular formula is C23H29N3O3. The molecule has 29 heavy (non-hydrogen) atoms. The molecule has 0 unspecified atom stereocenters. The molecule has 6 heteroatoms. The summed E-state index contributed by atoms with van der Waals surface area (Å²) in [6.45, 7) is 6.92. The fourth-order valence-electron chi connectivity index (χ4n) is 2.77. The lowest BCUT2D eigenvalue weighted by Crippen LogP contribution is -2.42. The molecule has 3 aromatic rings. The average molecular weight is 396 g/mol. The molecule has 1 atom stereocenters. The molecule has 0 radical (unpaired) electrons. The number of hydrogen-bond donors (Lipinski definition) is 3. The van der Waals surface area contributed by atoms with E-state index < -0.39 is 6.10 Å². The summed E-state index contributed by atoms with van der Waals surface area (Å²) in [5, 5.41) is 13.3. The first-order valence-corrected chi connectivity index (χ1v) is 9.70. The molecule has 0 saturated heterocycles. The van der Waals surface area contributed by atoms with Crippen molar-refractivity contribution < 1.29 is 14.6 Å². The van der Waals surface area contributed by atoms with E-state index in [1.807, 2.05) is 54.7 Å². The summed E-state index contributed by atoms with van der Waals surface area (Å²) in [4.78, 5) is 7.82. The summed E-state index contributed by atoms with van der Waals surface area (Å²) in [7, 11) is 1.65. The van der Waals surface area contributed by atoms with Gasteiger partial charge in [-0.1, -0.05) is 0 Å². The number of aliphatic hydroxyl groups is 1. The maximum Gasteiger partial charge on any atom is 0.137 e. The fourth-order valence-corrected chi connectivity index (χ4v) is 2.77. The van der Waals surface area contributed by atoms with Gasteiger partial charge in [0.2, 0.25) is 0 Å². The summed E-state index contributed by atoms with van der Waals surface area (Å²) >= 11 is 0. The Bertz CT molecular complexity index is 896.